The summed E-state index contributed by atoms with van der Waals surface area (Å²) in [7, 11) is 2.18. The SMILES string of the molecule is CC(CCNCCN(C)C(C)C)c1ccccc1. The maximum absolute atomic E-state index is 3.53. The largest absolute Gasteiger partial charge is 0.315 e. The van der Waals surface area contributed by atoms with Crippen LogP contribution < -0.4 is 5.32 Å². The number of nitrogens with zero attached hydrogens (tertiary/aromatic N) is 1. The van der Waals surface area contributed by atoms with E-state index in [1.165, 1.54) is 12.0 Å². The van der Waals surface area contributed by atoms with E-state index >= 15 is 0 Å². The van der Waals surface area contributed by atoms with E-state index in [0.29, 0.717) is 12.0 Å². The molecule has 1 atom stereocenters. The Balaban J connectivity index is 2.11. The van der Waals surface area contributed by atoms with E-state index in [4.69, 9.17) is 0 Å². The van der Waals surface area contributed by atoms with Crippen LogP contribution in [-0.4, -0.2) is 37.6 Å². The van der Waals surface area contributed by atoms with Gasteiger partial charge < -0.3 is 10.2 Å². The zero-order valence-electron chi connectivity index (χ0n) is 12.3. The van der Waals surface area contributed by atoms with Crippen LogP contribution in [0.4, 0.5) is 0 Å². The molecule has 102 valence electrons. The predicted molar refractivity (Wildman–Crippen MR) is 80.1 cm³/mol. The molecule has 1 aromatic carbocycles. The van der Waals surface area contributed by atoms with E-state index in [-0.39, 0.29) is 0 Å². The molecular formula is C16H28N2. The number of hydrogen-bond donors (Lipinski definition) is 1. The van der Waals surface area contributed by atoms with Crippen molar-refractivity contribution in [3.8, 4) is 0 Å². The number of rotatable bonds is 8. The van der Waals surface area contributed by atoms with Gasteiger partial charge in [0.15, 0.2) is 0 Å². The van der Waals surface area contributed by atoms with Crippen LogP contribution in [0.2, 0.25) is 0 Å². The second-order valence-electron chi connectivity index (χ2n) is 5.42. The van der Waals surface area contributed by atoms with Crippen molar-refractivity contribution in [3.63, 3.8) is 0 Å². The molecule has 0 aliphatic heterocycles. The van der Waals surface area contributed by atoms with Gasteiger partial charge >= 0.3 is 0 Å². The standard InChI is InChI=1S/C16H28N2/c1-14(2)18(4)13-12-17-11-10-15(3)16-8-6-5-7-9-16/h5-9,14-15,17H,10-13H2,1-4H3. The Bertz CT molecular complexity index is 308. The molecule has 0 aliphatic rings. The molecule has 18 heavy (non-hydrogen) atoms. The molecule has 0 radical (unpaired) electrons. The number of hydrogen-bond acceptors (Lipinski definition) is 2. The lowest BCUT2D eigenvalue weighted by molar-refractivity contribution is 0.273. The summed E-state index contributed by atoms with van der Waals surface area (Å²) in [6.45, 7) is 10.1. The van der Waals surface area contributed by atoms with E-state index in [2.05, 4.69) is 68.4 Å². The molecule has 1 rings (SSSR count). The number of benzene rings is 1. The van der Waals surface area contributed by atoms with E-state index in [9.17, 15) is 0 Å². The summed E-state index contributed by atoms with van der Waals surface area (Å²) < 4.78 is 0. The highest BCUT2D eigenvalue weighted by atomic mass is 15.1. The molecule has 0 aromatic heterocycles. The van der Waals surface area contributed by atoms with Crippen LogP contribution in [0.25, 0.3) is 0 Å². The van der Waals surface area contributed by atoms with Crippen LogP contribution in [0.1, 0.15) is 38.7 Å². The summed E-state index contributed by atoms with van der Waals surface area (Å²) in [5.41, 5.74) is 1.44. The van der Waals surface area contributed by atoms with Gasteiger partial charge in [0.05, 0.1) is 0 Å². The predicted octanol–water partition coefficient (Wildman–Crippen LogP) is 3.11. The molecule has 0 fully saturated rings. The molecule has 1 aromatic rings. The van der Waals surface area contributed by atoms with E-state index in [1.54, 1.807) is 0 Å². The first kappa shape index (κ1) is 15.2. The summed E-state index contributed by atoms with van der Waals surface area (Å²) >= 11 is 0. The number of likely N-dealkylation sites (N-methyl/N-ethyl adjacent to an activating group) is 1. The Morgan fingerprint density at radius 1 is 1.06 bits per heavy atom. The van der Waals surface area contributed by atoms with Crippen molar-refractivity contribution >= 4 is 0 Å². The van der Waals surface area contributed by atoms with Gasteiger partial charge in [-0.2, -0.15) is 0 Å². The summed E-state index contributed by atoms with van der Waals surface area (Å²) in [6, 6.07) is 11.4. The van der Waals surface area contributed by atoms with Crippen LogP contribution in [0.5, 0.6) is 0 Å². The lowest BCUT2D eigenvalue weighted by Gasteiger charge is -2.21. The van der Waals surface area contributed by atoms with Crippen LogP contribution >= 0.6 is 0 Å². The van der Waals surface area contributed by atoms with Crippen LogP contribution in [0.3, 0.4) is 0 Å². The second-order valence-corrected chi connectivity index (χ2v) is 5.42. The topological polar surface area (TPSA) is 15.3 Å². The van der Waals surface area contributed by atoms with Gasteiger partial charge in [0.2, 0.25) is 0 Å². The summed E-state index contributed by atoms with van der Waals surface area (Å²) in [5, 5.41) is 3.53. The van der Waals surface area contributed by atoms with Crippen LogP contribution in [0, 0.1) is 0 Å². The average Bonchev–Trinajstić information content (AvgIpc) is 2.38. The quantitative estimate of drug-likeness (QED) is 0.711. The minimum atomic E-state index is 0.634. The molecule has 0 saturated heterocycles. The molecule has 0 amide bonds. The van der Waals surface area contributed by atoms with Gasteiger partial charge in [0.1, 0.15) is 0 Å². The normalized spacial score (nSPS) is 13.2. The zero-order valence-corrected chi connectivity index (χ0v) is 12.3. The van der Waals surface area contributed by atoms with Crippen molar-refractivity contribution in [1.82, 2.24) is 10.2 Å². The van der Waals surface area contributed by atoms with Crippen molar-refractivity contribution in [1.29, 1.82) is 0 Å². The van der Waals surface area contributed by atoms with Gasteiger partial charge in [-0.15, -0.1) is 0 Å². The Morgan fingerprint density at radius 2 is 1.72 bits per heavy atom. The molecule has 1 N–H and O–H groups in total. The summed E-state index contributed by atoms with van der Waals surface area (Å²) in [4.78, 5) is 2.37. The lowest BCUT2D eigenvalue weighted by Crippen LogP contribution is -2.34. The molecule has 1 unspecified atom stereocenters. The Hall–Kier alpha value is -0.860. The van der Waals surface area contributed by atoms with Crippen molar-refractivity contribution in [2.75, 3.05) is 26.7 Å². The van der Waals surface area contributed by atoms with Crippen molar-refractivity contribution in [3.05, 3.63) is 35.9 Å². The van der Waals surface area contributed by atoms with Crippen LogP contribution in [-0.2, 0) is 0 Å². The summed E-state index contributed by atoms with van der Waals surface area (Å²) in [5.74, 6) is 0.640. The minimum Gasteiger partial charge on any atom is -0.315 e. The molecule has 0 heterocycles. The Labute approximate surface area is 112 Å². The third kappa shape index (κ3) is 5.65. The van der Waals surface area contributed by atoms with Gasteiger partial charge in [-0.1, -0.05) is 37.3 Å². The Morgan fingerprint density at radius 3 is 2.33 bits per heavy atom. The second kappa shape index (κ2) is 8.28. The minimum absolute atomic E-state index is 0.634. The van der Waals surface area contributed by atoms with Crippen molar-refractivity contribution in [2.24, 2.45) is 0 Å². The third-order valence-electron chi connectivity index (χ3n) is 3.65. The first-order valence-corrected chi connectivity index (χ1v) is 7.07. The Kier molecular flexibility index (Phi) is 6.99. The maximum Gasteiger partial charge on any atom is 0.0106 e. The molecule has 2 heteroatoms. The lowest BCUT2D eigenvalue weighted by atomic mass is 9.98. The van der Waals surface area contributed by atoms with E-state index in [1.807, 2.05) is 0 Å². The van der Waals surface area contributed by atoms with Gasteiger partial charge in [-0.05, 0) is 45.3 Å². The van der Waals surface area contributed by atoms with Crippen molar-refractivity contribution < 1.29 is 0 Å². The number of nitrogens with one attached hydrogen (secondary N) is 1. The van der Waals surface area contributed by atoms with Gasteiger partial charge in [-0.3, -0.25) is 0 Å². The van der Waals surface area contributed by atoms with Gasteiger partial charge in [-0.25, -0.2) is 0 Å². The molecule has 0 aliphatic carbocycles. The summed E-state index contributed by atoms with van der Waals surface area (Å²) in [6.07, 6.45) is 1.20. The average molecular weight is 248 g/mol. The first-order chi connectivity index (χ1) is 8.61. The monoisotopic (exact) mass is 248 g/mol. The molecule has 2 nitrogen and oxygen atoms in total. The molecular weight excluding hydrogens is 220 g/mol. The molecule has 0 bridgehead atoms. The first-order valence-electron chi connectivity index (χ1n) is 7.07. The highest BCUT2D eigenvalue weighted by Gasteiger charge is 2.05. The van der Waals surface area contributed by atoms with E-state index in [0.717, 1.165) is 19.6 Å². The van der Waals surface area contributed by atoms with Gasteiger partial charge in [0, 0.05) is 19.1 Å². The van der Waals surface area contributed by atoms with Gasteiger partial charge in [0.25, 0.3) is 0 Å². The smallest absolute Gasteiger partial charge is 0.0106 e. The zero-order chi connectivity index (χ0) is 13.4. The van der Waals surface area contributed by atoms with Crippen molar-refractivity contribution in [2.45, 2.75) is 39.2 Å². The maximum atomic E-state index is 3.53. The highest BCUT2D eigenvalue weighted by molar-refractivity contribution is 5.18. The fraction of sp³-hybridized carbons (Fsp3) is 0.625. The molecule has 0 spiro atoms. The fourth-order valence-electron chi connectivity index (χ4n) is 1.91. The third-order valence-corrected chi connectivity index (χ3v) is 3.65. The van der Waals surface area contributed by atoms with Crippen LogP contribution in [0.15, 0.2) is 30.3 Å². The highest BCUT2D eigenvalue weighted by Crippen LogP contribution is 2.17. The van der Waals surface area contributed by atoms with E-state index < -0.39 is 0 Å². The fourth-order valence-corrected chi connectivity index (χ4v) is 1.91. The molecule has 0 saturated carbocycles.